The van der Waals surface area contributed by atoms with E-state index in [9.17, 15) is 9.59 Å². The van der Waals surface area contributed by atoms with Crippen molar-refractivity contribution in [2.24, 2.45) is 5.41 Å². The Morgan fingerprint density at radius 1 is 1.33 bits per heavy atom. The van der Waals surface area contributed by atoms with Gasteiger partial charge in [-0.15, -0.1) is 0 Å². The van der Waals surface area contributed by atoms with Gasteiger partial charge in [-0.2, -0.15) is 0 Å². The summed E-state index contributed by atoms with van der Waals surface area (Å²) in [5, 5.41) is 17.0. The molecule has 2 N–H and O–H groups in total. The largest absolute Gasteiger partial charge is 0.481 e. The van der Waals surface area contributed by atoms with Crippen LogP contribution in [0.1, 0.15) is 26.7 Å². The Labute approximate surface area is 81.4 Å². The van der Waals surface area contributed by atoms with E-state index in [0.717, 1.165) is 0 Å². The van der Waals surface area contributed by atoms with Crippen molar-refractivity contribution in [3.63, 3.8) is 0 Å². The molecule has 0 aliphatic carbocycles. The Morgan fingerprint density at radius 3 is 1.83 bits per heavy atom. The molecule has 1 atom stereocenters. The second-order valence-corrected chi connectivity index (χ2v) is 2.79. The maximum absolute atomic E-state index is 10.5. The van der Waals surface area contributed by atoms with Gasteiger partial charge in [0.2, 0.25) is 0 Å². The molecule has 0 saturated heterocycles. The van der Waals surface area contributed by atoms with Crippen LogP contribution in [-0.4, -0.2) is 22.2 Å². The van der Waals surface area contributed by atoms with Crippen LogP contribution in [0.5, 0.6) is 0 Å². The standard InChI is InChI=1S/C7H12O4.Cu/c1-3-7(2,6(10)11)4-5(8)9;/h3-4H2,1-2H3,(H,8,9)(H,10,11);. The number of aliphatic carboxylic acids is 2. The van der Waals surface area contributed by atoms with Crippen molar-refractivity contribution in [3.05, 3.63) is 0 Å². The number of carbonyl (C=O) groups is 2. The van der Waals surface area contributed by atoms with E-state index in [4.69, 9.17) is 10.2 Å². The van der Waals surface area contributed by atoms with Crippen LogP contribution in [0.2, 0.25) is 0 Å². The zero-order chi connectivity index (χ0) is 9.07. The summed E-state index contributed by atoms with van der Waals surface area (Å²) >= 11 is 0. The molecule has 0 fully saturated rings. The van der Waals surface area contributed by atoms with Crippen molar-refractivity contribution in [1.82, 2.24) is 0 Å². The van der Waals surface area contributed by atoms with Gasteiger partial charge in [0.15, 0.2) is 0 Å². The van der Waals surface area contributed by atoms with Crippen molar-refractivity contribution in [2.45, 2.75) is 26.7 Å². The summed E-state index contributed by atoms with van der Waals surface area (Å²) in [7, 11) is 0. The van der Waals surface area contributed by atoms with Crippen molar-refractivity contribution >= 4 is 11.9 Å². The number of carboxylic acid groups (broad SMARTS) is 2. The first-order chi connectivity index (χ1) is 4.92. The topological polar surface area (TPSA) is 74.6 Å². The maximum Gasteiger partial charge on any atom is 0.309 e. The smallest absolute Gasteiger partial charge is 0.309 e. The first-order valence-electron chi connectivity index (χ1n) is 3.37. The molecule has 5 heteroatoms. The van der Waals surface area contributed by atoms with Crippen molar-refractivity contribution in [3.8, 4) is 0 Å². The summed E-state index contributed by atoms with van der Waals surface area (Å²) in [6.07, 6.45) is 0.00741. The van der Waals surface area contributed by atoms with E-state index in [0.29, 0.717) is 6.42 Å². The predicted molar refractivity (Wildman–Crippen MR) is 38.3 cm³/mol. The number of rotatable bonds is 4. The molecule has 0 bridgehead atoms. The molecule has 0 saturated carbocycles. The van der Waals surface area contributed by atoms with Gasteiger partial charge in [0.25, 0.3) is 0 Å². The summed E-state index contributed by atoms with van der Waals surface area (Å²) in [4.78, 5) is 20.7. The zero-order valence-corrected chi connectivity index (χ0v) is 7.87. The molecule has 1 radical (unpaired) electrons. The van der Waals surface area contributed by atoms with Crippen molar-refractivity contribution in [1.29, 1.82) is 0 Å². The zero-order valence-electron chi connectivity index (χ0n) is 6.93. The molecule has 0 rings (SSSR count). The first kappa shape index (κ1) is 14.0. The van der Waals surface area contributed by atoms with Gasteiger partial charge >= 0.3 is 11.9 Å². The van der Waals surface area contributed by atoms with E-state index in [1.165, 1.54) is 6.92 Å². The van der Waals surface area contributed by atoms with Crippen LogP contribution in [0.4, 0.5) is 0 Å². The van der Waals surface area contributed by atoms with Gasteiger partial charge in [0.1, 0.15) is 0 Å². The molecule has 0 aliphatic rings. The number of hydrogen-bond donors (Lipinski definition) is 2. The van der Waals surface area contributed by atoms with E-state index in [1.54, 1.807) is 6.92 Å². The fraction of sp³-hybridized carbons (Fsp3) is 0.714. The van der Waals surface area contributed by atoms with Gasteiger partial charge in [0.05, 0.1) is 11.8 Å². The third-order valence-corrected chi connectivity index (χ3v) is 1.84. The fourth-order valence-corrected chi connectivity index (χ4v) is 0.686. The molecule has 0 aromatic rings. The van der Waals surface area contributed by atoms with Gasteiger partial charge in [-0.25, -0.2) is 0 Å². The third-order valence-electron chi connectivity index (χ3n) is 1.84. The second kappa shape index (κ2) is 5.17. The Bertz CT molecular complexity index is 180. The Balaban J connectivity index is 0. The normalized spacial score (nSPS) is 14.2. The van der Waals surface area contributed by atoms with Gasteiger partial charge in [-0.1, -0.05) is 6.92 Å². The second-order valence-electron chi connectivity index (χ2n) is 2.79. The molecule has 0 aromatic carbocycles. The van der Waals surface area contributed by atoms with Gasteiger partial charge in [-0.05, 0) is 13.3 Å². The molecule has 0 heterocycles. The quantitative estimate of drug-likeness (QED) is 0.697. The van der Waals surface area contributed by atoms with Crippen LogP contribution in [0.3, 0.4) is 0 Å². The molecule has 0 aliphatic heterocycles. The summed E-state index contributed by atoms with van der Waals surface area (Å²) in [5.74, 6) is -2.13. The fourth-order valence-electron chi connectivity index (χ4n) is 0.686. The minimum Gasteiger partial charge on any atom is -0.481 e. The summed E-state index contributed by atoms with van der Waals surface area (Å²) in [5.41, 5.74) is -1.12. The molecule has 1 unspecified atom stereocenters. The van der Waals surface area contributed by atoms with Gasteiger partial charge in [-0.3, -0.25) is 9.59 Å². The van der Waals surface area contributed by atoms with E-state index < -0.39 is 17.4 Å². The van der Waals surface area contributed by atoms with Crippen LogP contribution >= 0.6 is 0 Å². The summed E-state index contributed by atoms with van der Waals surface area (Å²) in [6, 6.07) is 0. The maximum atomic E-state index is 10.5. The average Bonchev–Trinajstić information content (AvgIpc) is 1.86. The first-order valence-corrected chi connectivity index (χ1v) is 3.37. The molecule has 0 aromatic heterocycles. The Hall–Kier alpha value is -0.541. The van der Waals surface area contributed by atoms with Crippen LogP contribution in [0, 0.1) is 5.41 Å². The van der Waals surface area contributed by atoms with Crippen LogP contribution < -0.4 is 0 Å². The minimum absolute atomic E-state index is 0. The SMILES string of the molecule is CCC(C)(CC(=O)O)C(=O)O.[Cu]. The molecule has 75 valence electrons. The van der Waals surface area contributed by atoms with Crippen LogP contribution in [0.15, 0.2) is 0 Å². The molecular weight excluding hydrogens is 212 g/mol. The minimum atomic E-state index is -1.12. The number of hydrogen-bond acceptors (Lipinski definition) is 2. The van der Waals surface area contributed by atoms with Crippen molar-refractivity contribution < 1.29 is 36.9 Å². The Morgan fingerprint density at radius 2 is 1.75 bits per heavy atom. The van der Waals surface area contributed by atoms with E-state index in [2.05, 4.69) is 0 Å². The predicted octanol–water partition coefficient (Wildman–Crippen LogP) is 0.960. The van der Waals surface area contributed by atoms with Crippen LogP contribution in [-0.2, 0) is 26.7 Å². The molecule has 4 nitrogen and oxygen atoms in total. The molecular formula is C7H12CuO4. The summed E-state index contributed by atoms with van der Waals surface area (Å²) < 4.78 is 0. The van der Waals surface area contributed by atoms with E-state index in [-0.39, 0.29) is 23.5 Å². The third kappa shape index (κ3) is 3.74. The molecule has 0 amide bonds. The molecule has 0 spiro atoms. The van der Waals surface area contributed by atoms with Crippen LogP contribution in [0.25, 0.3) is 0 Å². The van der Waals surface area contributed by atoms with Crippen molar-refractivity contribution in [2.75, 3.05) is 0 Å². The van der Waals surface area contributed by atoms with E-state index >= 15 is 0 Å². The summed E-state index contributed by atoms with van der Waals surface area (Å²) in [6.45, 7) is 3.10. The number of carboxylic acids is 2. The Kier molecular flexibility index (Phi) is 6.03. The van der Waals surface area contributed by atoms with E-state index in [1.807, 2.05) is 0 Å². The van der Waals surface area contributed by atoms with Gasteiger partial charge < -0.3 is 10.2 Å². The molecule has 12 heavy (non-hydrogen) atoms. The monoisotopic (exact) mass is 223 g/mol. The average molecular weight is 224 g/mol. The van der Waals surface area contributed by atoms with Gasteiger partial charge in [0, 0.05) is 17.1 Å².